The molecule has 0 aliphatic heterocycles. The number of benzene rings is 1. The summed E-state index contributed by atoms with van der Waals surface area (Å²) in [6, 6.07) is 11.5. The molecule has 0 saturated heterocycles. The molecular formula is C16H16F2N4OS. The van der Waals surface area contributed by atoms with Crippen LogP contribution in [0.5, 0.6) is 0 Å². The van der Waals surface area contributed by atoms with E-state index >= 15 is 0 Å². The maximum Gasteiger partial charge on any atom is 0.284 e. The Labute approximate surface area is 142 Å². The lowest BCUT2D eigenvalue weighted by Gasteiger charge is -2.05. The SMILES string of the molecule is FC(F)SCc1ccc(CNCc2ccc(-n3cncn3)cc2)o1. The zero-order valence-electron chi connectivity index (χ0n) is 12.7. The van der Waals surface area contributed by atoms with Crippen LogP contribution in [0.15, 0.2) is 53.5 Å². The average Bonchev–Trinajstić information content (AvgIpc) is 3.25. The zero-order chi connectivity index (χ0) is 16.8. The van der Waals surface area contributed by atoms with Crippen LogP contribution in [0, 0.1) is 0 Å². The van der Waals surface area contributed by atoms with E-state index in [-0.39, 0.29) is 5.75 Å². The molecule has 0 unspecified atom stereocenters. The normalized spacial score (nSPS) is 11.3. The Hall–Kier alpha value is -2.19. The van der Waals surface area contributed by atoms with Gasteiger partial charge in [0.2, 0.25) is 0 Å². The topological polar surface area (TPSA) is 55.9 Å². The highest BCUT2D eigenvalue weighted by molar-refractivity contribution is 7.98. The van der Waals surface area contributed by atoms with Gasteiger partial charge < -0.3 is 9.73 Å². The third kappa shape index (κ3) is 4.65. The first-order chi connectivity index (χ1) is 11.7. The van der Waals surface area contributed by atoms with Crippen LogP contribution in [0.3, 0.4) is 0 Å². The minimum absolute atomic E-state index is 0.182. The number of thioether (sulfide) groups is 1. The highest BCUT2D eigenvalue weighted by Gasteiger charge is 2.07. The zero-order valence-corrected chi connectivity index (χ0v) is 13.5. The number of halogens is 2. The number of hydrogen-bond acceptors (Lipinski definition) is 5. The maximum atomic E-state index is 12.1. The van der Waals surface area contributed by atoms with Gasteiger partial charge in [0.05, 0.1) is 18.0 Å². The van der Waals surface area contributed by atoms with Crippen molar-refractivity contribution in [2.24, 2.45) is 0 Å². The molecule has 2 heterocycles. The van der Waals surface area contributed by atoms with Gasteiger partial charge in [-0.25, -0.2) is 9.67 Å². The van der Waals surface area contributed by atoms with Gasteiger partial charge in [0.1, 0.15) is 24.2 Å². The van der Waals surface area contributed by atoms with Gasteiger partial charge in [0.15, 0.2) is 0 Å². The van der Waals surface area contributed by atoms with E-state index in [9.17, 15) is 8.78 Å². The summed E-state index contributed by atoms with van der Waals surface area (Å²) in [7, 11) is 0. The van der Waals surface area contributed by atoms with E-state index in [0.717, 1.165) is 17.0 Å². The first-order valence-electron chi connectivity index (χ1n) is 7.33. The summed E-state index contributed by atoms with van der Waals surface area (Å²) >= 11 is 0.560. The third-order valence-electron chi connectivity index (χ3n) is 3.32. The second kappa shape index (κ2) is 8.07. The summed E-state index contributed by atoms with van der Waals surface area (Å²) in [6.45, 7) is 1.23. The standard InChI is InChI=1S/C16H16F2N4OS/c17-16(18)24-9-15-6-5-14(23-15)8-19-7-12-1-3-13(4-2-12)22-11-20-10-21-22/h1-6,10-11,16,19H,7-9H2. The molecule has 0 bridgehead atoms. The molecular weight excluding hydrogens is 334 g/mol. The Morgan fingerprint density at radius 1 is 1.08 bits per heavy atom. The van der Waals surface area contributed by atoms with Crippen LogP contribution in [-0.4, -0.2) is 20.5 Å². The van der Waals surface area contributed by atoms with Crippen LogP contribution in [0.2, 0.25) is 0 Å². The van der Waals surface area contributed by atoms with E-state index in [0.29, 0.717) is 30.6 Å². The molecule has 3 rings (SSSR count). The lowest BCUT2D eigenvalue weighted by Crippen LogP contribution is -2.12. The molecule has 1 aromatic carbocycles. The van der Waals surface area contributed by atoms with Crippen LogP contribution in [0.25, 0.3) is 5.69 Å². The van der Waals surface area contributed by atoms with Gasteiger partial charge in [-0.05, 0) is 29.8 Å². The molecule has 5 nitrogen and oxygen atoms in total. The Morgan fingerprint density at radius 3 is 2.58 bits per heavy atom. The number of nitrogens with zero attached hydrogens (tertiary/aromatic N) is 3. The lowest BCUT2D eigenvalue weighted by molar-refractivity contribution is 0.251. The maximum absolute atomic E-state index is 12.1. The second-order valence-corrected chi connectivity index (χ2v) is 6.03. The van der Waals surface area contributed by atoms with Crippen molar-refractivity contribution in [3.05, 3.63) is 66.1 Å². The van der Waals surface area contributed by atoms with Crippen molar-refractivity contribution in [3.63, 3.8) is 0 Å². The van der Waals surface area contributed by atoms with Crippen molar-refractivity contribution in [3.8, 4) is 5.69 Å². The molecule has 0 saturated carbocycles. The summed E-state index contributed by atoms with van der Waals surface area (Å²) in [6.07, 6.45) is 3.14. The van der Waals surface area contributed by atoms with E-state index in [1.165, 1.54) is 6.33 Å². The fourth-order valence-electron chi connectivity index (χ4n) is 2.18. The highest BCUT2D eigenvalue weighted by atomic mass is 32.2. The Kier molecular flexibility index (Phi) is 5.60. The number of aromatic nitrogens is 3. The third-order valence-corrected chi connectivity index (χ3v) is 4.02. The van der Waals surface area contributed by atoms with Crippen molar-refractivity contribution in [1.29, 1.82) is 0 Å². The number of nitrogens with one attached hydrogen (secondary N) is 1. The number of rotatable bonds is 8. The lowest BCUT2D eigenvalue weighted by atomic mass is 10.2. The smallest absolute Gasteiger partial charge is 0.284 e. The van der Waals surface area contributed by atoms with Crippen LogP contribution in [0.4, 0.5) is 8.78 Å². The number of hydrogen-bond donors (Lipinski definition) is 1. The van der Waals surface area contributed by atoms with Crippen molar-refractivity contribution in [2.45, 2.75) is 24.6 Å². The molecule has 0 fully saturated rings. The first kappa shape index (κ1) is 16.7. The summed E-state index contributed by atoms with van der Waals surface area (Å²) in [5, 5.41) is 7.34. The van der Waals surface area contributed by atoms with Crippen LogP contribution >= 0.6 is 11.8 Å². The minimum atomic E-state index is -2.38. The molecule has 3 aromatic rings. The van der Waals surface area contributed by atoms with E-state index < -0.39 is 5.76 Å². The van der Waals surface area contributed by atoms with E-state index in [1.54, 1.807) is 17.1 Å². The van der Waals surface area contributed by atoms with Gasteiger partial charge in [0, 0.05) is 6.54 Å². The van der Waals surface area contributed by atoms with Crippen molar-refractivity contribution in [2.75, 3.05) is 0 Å². The first-order valence-corrected chi connectivity index (χ1v) is 8.37. The Bertz CT molecular complexity index is 744. The van der Waals surface area contributed by atoms with Gasteiger partial charge >= 0.3 is 0 Å². The number of alkyl halides is 2. The summed E-state index contributed by atoms with van der Waals surface area (Å²) in [5.41, 5.74) is 2.07. The van der Waals surface area contributed by atoms with Crippen molar-refractivity contribution in [1.82, 2.24) is 20.1 Å². The average molecular weight is 350 g/mol. The van der Waals surface area contributed by atoms with Gasteiger partial charge in [-0.1, -0.05) is 23.9 Å². The molecule has 0 atom stereocenters. The fraction of sp³-hybridized carbons (Fsp3) is 0.250. The van der Waals surface area contributed by atoms with Gasteiger partial charge in [0.25, 0.3) is 5.76 Å². The second-order valence-electron chi connectivity index (χ2n) is 5.05. The van der Waals surface area contributed by atoms with E-state index in [2.05, 4.69) is 15.4 Å². The molecule has 0 spiro atoms. The molecule has 1 N–H and O–H groups in total. The Balaban J connectivity index is 1.46. The molecule has 2 aromatic heterocycles. The molecule has 0 aliphatic carbocycles. The largest absolute Gasteiger partial charge is 0.464 e. The monoisotopic (exact) mass is 350 g/mol. The van der Waals surface area contributed by atoms with Crippen LogP contribution in [-0.2, 0) is 18.8 Å². The molecule has 0 amide bonds. The summed E-state index contributed by atoms with van der Waals surface area (Å²) in [5.74, 6) is -0.896. The number of furan rings is 1. The van der Waals surface area contributed by atoms with Crippen LogP contribution in [0.1, 0.15) is 17.1 Å². The molecule has 8 heteroatoms. The quantitative estimate of drug-likeness (QED) is 0.673. The predicted molar refractivity (Wildman–Crippen MR) is 87.9 cm³/mol. The molecule has 24 heavy (non-hydrogen) atoms. The minimum Gasteiger partial charge on any atom is -0.464 e. The predicted octanol–water partition coefficient (Wildman–Crippen LogP) is 3.61. The summed E-state index contributed by atoms with van der Waals surface area (Å²) < 4.78 is 31.5. The Morgan fingerprint density at radius 2 is 1.88 bits per heavy atom. The highest BCUT2D eigenvalue weighted by Crippen LogP contribution is 2.21. The van der Waals surface area contributed by atoms with Gasteiger partial charge in [-0.2, -0.15) is 13.9 Å². The van der Waals surface area contributed by atoms with Gasteiger partial charge in [-0.3, -0.25) is 0 Å². The van der Waals surface area contributed by atoms with Crippen molar-refractivity contribution >= 4 is 11.8 Å². The van der Waals surface area contributed by atoms with Crippen LogP contribution < -0.4 is 5.32 Å². The summed E-state index contributed by atoms with van der Waals surface area (Å²) in [4.78, 5) is 3.91. The molecule has 0 aliphatic rings. The molecule has 126 valence electrons. The van der Waals surface area contributed by atoms with E-state index in [4.69, 9.17) is 4.42 Å². The van der Waals surface area contributed by atoms with Gasteiger partial charge in [-0.15, -0.1) is 0 Å². The van der Waals surface area contributed by atoms with Crippen molar-refractivity contribution < 1.29 is 13.2 Å². The van der Waals surface area contributed by atoms with E-state index in [1.807, 2.05) is 30.3 Å². The molecule has 0 radical (unpaired) electrons. The fourth-order valence-corrected chi connectivity index (χ4v) is 2.62.